The molecule has 1 aliphatic heterocycles. The number of benzene rings is 2. The van der Waals surface area contributed by atoms with Crippen molar-refractivity contribution < 1.29 is 14.7 Å². The molecule has 0 bridgehead atoms. The number of carboxylic acid groups (broad SMARTS) is 1. The number of thiocarbonyl (C=S) groups is 1. The number of nitrogens with one attached hydrogen (secondary N) is 1. The van der Waals surface area contributed by atoms with E-state index in [0.717, 1.165) is 32.5 Å². The van der Waals surface area contributed by atoms with Gasteiger partial charge in [0, 0.05) is 22.7 Å². The number of rotatable bonds is 5. The van der Waals surface area contributed by atoms with Crippen LogP contribution in [0.15, 0.2) is 65.7 Å². The number of aromatic nitrogens is 1. The molecule has 28 heavy (non-hydrogen) atoms. The molecule has 2 N–H and O–H groups in total. The third kappa shape index (κ3) is 3.46. The molecule has 3 aromatic rings. The first-order chi connectivity index (χ1) is 13.5. The Morgan fingerprint density at radius 3 is 2.57 bits per heavy atom. The second-order valence-electron chi connectivity index (χ2n) is 6.37. The quantitative estimate of drug-likeness (QED) is 0.492. The third-order valence-corrected chi connectivity index (χ3v) is 6.05. The van der Waals surface area contributed by atoms with Crippen molar-refractivity contribution in [2.45, 2.75) is 6.42 Å². The van der Waals surface area contributed by atoms with Crippen LogP contribution in [0.1, 0.15) is 11.1 Å². The summed E-state index contributed by atoms with van der Waals surface area (Å²) in [7, 11) is 0. The average Bonchev–Trinajstić information content (AvgIpc) is 3.23. The van der Waals surface area contributed by atoms with Crippen molar-refractivity contribution in [3.05, 3.63) is 76.8 Å². The molecule has 7 heteroatoms. The maximum absolute atomic E-state index is 13.0. The maximum atomic E-state index is 13.0. The zero-order chi connectivity index (χ0) is 19.7. The van der Waals surface area contributed by atoms with E-state index in [1.165, 1.54) is 11.8 Å². The molecule has 1 aromatic heterocycles. The topological polar surface area (TPSA) is 73.4 Å². The van der Waals surface area contributed by atoms with Gasteiger partial charge < -0.3 is 10.1 Å². The van der Waals surface area contributed by atoms with Gasteiger partial charge in [0.05, 0.1) is 4.91 Å². The summed E-state index contributed by atoms with van der Waals surface area (Å²) in [6.45, 7) is -0.430. The number of carbonyl (C=O) groups is 2. The Hall–Kier alpha value is -2.90. The van der Waals surface area contributed by atoms with Crippen molar-refractivity contribution in [3.8, 4) is 0 Å². The van der Waals surface area contributed by atoms with E-state index in [-0.39, 0.29) is 10.2 Å². The lowest BCUT2D eigenvalue weighted by Crippen LogP contribution is -2.33. The molecule has 1 aliphatic rings. The number of aliphatic carboxylic acids is 1. The second kappa shape index (κ2) is 7.61. The van der Waals surface area contributed by atoms with Gasteiger partial charge in [-0.3, -0.25) is 14.5 Å². The van der Waals surface area contributed by atoms with Gasteiger partial charge in [-0.15, -0.1) is 0 Å². The van der Waals surface area contributed by atoms with E-state index in [9.17, 15) is 9.59 Å². The fourth-order valence-electron chi connectivity index (χ4n) is 3.27. The minimum absolute atomic E-state index is 0.271. The Bertz CT molecular complexity index is 1120. The molecule has 2 heterocycles. The fourth-order valence-corrected chi connectivity index (χ4v) is 4.61. The Balaban J connectivity index is 1.86. The van der Waals surface area contributed by atoms with Crippen molar-refractivity contribution in [1.29, 1.82) is 0 Å². The summed E-state index contributed by atoms with van der Waals surface area (Å²) < 4.78 is 0.271. The Morgan fingerprint density at radius 2 is 1.82 bits per heavy atom. The molecular formula is C21H16N2O3S2. The zero-order valence-electron chi connectivity index (χ0n) is 14.7. The van der Waals surface area contributed by atoms with Crippen molar-refractivity contribution in [3.63, 3.8) is 0 Å². The van der Waals surface area contributed by atoms with Crippen LogP contribution in [0.25, 0.3) is 16.5 Å². The van der Waals surface area contributed by atoms with Crippen LogP contribution in [0.5, 0.6) is 0 Å². The van der Waals surface area contributed by atoms with Gasteiger partial charge in [-0.1, -0.05) is 72.5 Å². The van der Waals surface area contributed by atoms with Gasteiger partial charge in [0.1, 0.15) is 10.9 Å². The highest BCUT2D eigenvalue weighted by Crippen LogP contribution is 2.40. The second-order valence-corrected chi connectivity index (χ2v) is 8.02. The minimum Gasteiger partial charge on any atom is -0.480 e. The Morgan fingerprint density at radius 1 is 1.11 bits per heavy atom. The summed E-state index contributed by atoms with van der Waals surface area (Å²) in [5.74, 6) is -1.44. The van der Waals surface area contributed by atoms with Gasteiger partial charge in [-0.05, 0) is 23.6 Å². The van der Waals surface area contributed by atoms with Gasteiger partial charge in [-0.2, -0.15) is 0 Å². The van der Waals surface area contributed by atoms with E-state index in [2.05, 4.69) is 4.98 Å². The SMILES string of the molecule is O=C(O)CN1C(=O)/C(=C(/Cc2ccccc2)c2c[nH]c3ccccc23)SC1=S. The highest BCUT2D eigenvalue weighted by atomic mass is 32.2. The molecule has 0 saturated carbocycles. The number of thioether (sulfide) groups is 1. The van der Waals surface area contributed by atoms with Crippen molar-refractivity contribution >= 4 is 56.7 Å². The molecule has 2 aromatic carbocycles. The molecule has 0 spiro atoms. The van der Waals surface area contributed by atoms with Gasteiger partial charge in [0.2, 0.25) is 0 Å². The fraction of sp³-hybridized carbons (Fsp3) is 0.0952. The first-order valence-electron chi connectivity index (χ1n) is 8.63. The molecule has 0 unspecified atom stereocenters. The zero-order valence-corrected chi connectivity index (χ0v) is 16.3. The van der Waals surface area contributed by atoms with Crippen LogP contribution in [0.3, 0.4) is 0 Å². The highest BCUT2D eigenvalue weighted by molar-refractivity contribution is 8.26. The van der Waals surface area contributed by atoms with Gasteiger partial charge in [-0.25, -0.2) is 0 Å². The lowest BCUT2D eigenvalue weighted by atomic mass is 9.97. The number of carboxylic acids is 1. The molecule has 1 amide bonds. The molecule has 140 valence electrons. The number of hydrogen-bond donors (Lipinski definition) is 2. The van der Waals surface area contributed by atoms with Gasteiger partial charge in [0.15, 0.2) is 0 Å². The van der Waals surface area contributed by atoms with E-state index in [0.29, 0.717) is 11.3 Å². The maximum Gasteiger partial charge on any atom is 0.323 e. The predicted molar refractivity (Wildman–Crippen MR) is 115 cm³/mol. The highest BCUT2D eigenvalue weighted by Gasteiger charge is 2.36. The summed E-state index contributed by atoms with van der Waals surface area (Å²) in [4.78, 5) is 29.0. The van der Waals surface area contributed by atoms with Gasteiger partial charge in [0.25, 0.3) is 5.91 Å². The van der Waals surface area contributed by atoms with Crippen LogP contribution < -0.4 is 0 Å². The molecule has 1 saturated heterocycles. The molecule has 5 nitrogen and oxygen atoms in total. The van der Waals surface area contributed by atoms with Crippen molar-refractivity contribution in [2.75, 3.05) is 6.54 Å². The summed E-state index contributed by atoms with van der Waals surface area (Å²) in [6.07, 6.45) is 2.44. The number of nitrogens with zero attached hydrogens (tertiary/aromatic N) is 1. The van der Waals surface area contributed by atoms with Crippen LogP contribution in [0.4, 0.5) is 0 Å². The lowest BCUT2D eigenvalue weighted by Gasteiger charge is -2.12. The number of hydrogen-bond acceptors (Lipinski definition) is 4. The van der Waals surface area contributed by atoms with Gasteiger partial charge >= 0.3 is 5.97 Å². The van der Waals surface area contributed by atoms with Crippen LogP contribution in [0, 0.1) is 0 Å². The monoisotopic (exact) mass is 408 g/mol. The van der Waals surface area contributed by atoms with Crippen LogP contribution in [-0.2, 0) is 16.0 Å². The molecule has 0 aliphatic carbocycles. The normalized spacial score (nSPS) is 16.1. The summed E-state index contributed by atoms with van der Waals surface area (Å²) >= 11 is 6.45. The van der Waals surface area contributed by atoms with Crippen LogP contribution in [-0.4, -0.2) is 37.7 Å². The van der Waals surface area contributed by atoms with E-state index >= 15 is 0 Å². The van der Waals surface area contributed by atoms with Crippen LogP contribution >= 0.6 is 24.0 Å². The Labute approximate surface area is 171 Å². The number of aromatic amines is 1. The van der Waals surface area contributed by atoms with E-state index < -0.39 is 12.5 Å². The summed E-state index contributed by atoms with van der Waals surface area (Å²) in [6, 6.07) is 17.8. The predicted octanol–water partition coefficient (Wildman–Crippen LogP) is 4.07. The standard InChI is InChI=1S/C21H16N2O3S2/c24-18(25)12-23-20(26)19(28-21(23)27)15(10-13-6-2-1-3-7-13)16-11-22-17-9-5-4-8-14(16)17/h1-9,11,22H,10,12H2,(H,24,25)/b19-15+. The number of amides is 1. The Kier molecular flexibility index (Phi) is 5.02. The number of para-hydroxylation sites is 1. The molecular weight excluding hydrogens is 392 g/mol. The number of carbonyl (C=O) groups excluding carboxylic acids is 1. The summed E-state index contributed by atoms with van der Waals surface area (Å²) in [5.41, 5.74) is 3.81. The molecule has 0 atom stereocenters. The number of fused-ring (bicyclic) bond motifs is 1. The molecule has 1 fully saturated rings. The lowest BCUT2D eigenvalue weighted by molar-refractivity contribution is -0.140. The number of H-pyrrole nitrogens is 1. The minimum atomic E-state index is -1.09. The first-order valence-corrected chi connectivity index (χ1v) is 9.86. The van der Waals surface area contributed by atoms with E-state index in [1.54, 1.807) is 0 Å². The average molecular weight is 409 g/mol. The third-order valence-electron chi connectivity index (χ3n) is 4.55. The van der Waals surface area contributed by atoms with E-state index in [1.807, 2.05) is 60.8 Å². The molecule has 0 radical (unpaired) electrons. The van der Waals surface area contributed by atoms with Crippen LogP contribution in [0.2, 0.25) is 0 Å². The van der Waals surface area contributed by atoms with Crippen molar-refractivity contribution in [1.82, 2.24) is 9.88 Å². The number of allylic oxidation sites excluding steroid dienone is 1. The van der Waals surface area contributed by atoms with E-state index in [4.69, 9.17) is 17.3 Å². The summed E-state index contributed by atoms with van der Waals surface area (Å²) in [5, 5.41) is 10.1. The largest absolute Gasteiger partial charge is 0.480 e. The first kappa shape index (κ1) is 18.5. The molecule has 4 rings (SSSR count). The van der Waals surface area contributed by atoms with Crippen molar-refractivity contribution in [2.24, 2.45) is 0 Å². The smallest absolute Gasteiger partial charge is 0.323 e.